The summed E-state index contributed by atoms with van der Waals surface area (Å²) in [6.45, 7) is 3.71. The van der Waals surface area contributed by atoms with Gasteiger partial charge in [0.2, 0.25) is 0 Å². The van der Waals surface area contributed by atoms with Crippen LogP contribution in [0.15, 0.2) is 0 Å². The minimum atomic E-state index is -1.06. The average molecular weight is 286 g/mol. The van der Waals surface area contributed by atoms with Crippen LogP contribution in [-0.4, -0.2) is 76.5 Å². The second-order valence-electron chi connectivity index (χ2n) is 5.34. The number of piperidine rings is 1. The first-order chi connectivity index (χ1) is 9.52. The van der Waals surface area contributed by atoms with Crippen molar-refractivity contribution in [2.75, 3.05) is 26.2 Å². The summed E-state index contributed by atoms with van der Waals surface area (Å²) in [5, 5.41) is 18.7. The molecule has 2 heterocycles. The normalized spacial score (nSPS) is 30.6. The Balaban J connectivity index is 2.00. The van der Waals surface area contributed by atoms with Crippen molar-refractivity contribution >= 4 is 12.0 Å². The smallest absolute Gasteiger partial charge is 0.326 e. The number of hydrogen-bond acceptors (Lipinski definition) is 4. The van der Waals surface area contributed by atoms with Gasteiger partial charge in [-0.3, -0.25) is 0 Å². The van der Waals surface area contributed by atoms with Crippen LogP contribution in [0.4, 0.5) is 4.79 Å². The Morgan fingerprint density at radius 2 is 2.10 bits per heavy atom. The molecule has 2 rings (SSSR count). The summed E-state index contributed by atoms with van der Waals surface area (Å²) in [6.07, 6.45) is 1.14. The summed E-state index contributed by atoms with van der Waals surface area (Å²) in [7, 11) is 0. The lowest BCUT2D eigenvalue weighted by molar-refractivity contribution is -0.141. The molecule has 2 aliphatic heterocycles. The first-order valence-electron chi connectivity index (χ1n) is 7.11. The van der Waals surface area contributed by atoms with Gasteiger partial charge in [0.1, 0.15) is 6.04 Å². The Morgan fingerprint density at radius 3 is 2.75 bits per heavy atom. The number of carbonyl (C=O) groups is 2. The van der Waals surface area contributed by atoms with Crippen LogP contribution in [-0.2, 0) is 9.53 Å². The molecule has 2 saturated heterocycles. The number of ether oxygens (including phenoxy) is 1. The molecule has 2 amide bonds. The number of carboxylic acids is 1. The quantitative estimate of drug-likeness (QED) is 0.769. The molecule has 3 atom stereocenters. The zero-order chi connectivity index (χ0) is 14.7. The largest absolute Gasteiger partial charge is 0.480 e. The molecular formula is C13H22N2O5. The zero-order valence-electron chi connectivity index (χ0n) is 11.7. The van der Waals surface area contributed by atoms with Crippen LogP contribution in [0.3, 0.4) is 0 Å². The van der Waals surface area contributed by atoms with Crippen molar-refractivity contribution < 1.29 is 24.5 Å². The van der Waals surface area contributed by atoms with Gasteiger partial charge in [-0.05, 0) is 19.8 Å². The Kier molecular flexibility index (Phi) is 4.82. The summed E-state index contributed by atoms with van der Waals surface area (Å²) in [4.78, 5) is 26.5. The highest BCUT2D eigenvalue weighted by Gasteiger charge is 2.41. The molecule has 0 aromatic heterocycles. The van der Waals surface area contributed by atoms with Crippen molar-refractivity contribution in [1.82, 2.24) is 9.80 Å². The summed E-state index contributed by atoms with van der Waals surface area (Å²) in [5.74, 6) is -1.06. The van der Waals surface area contributed by atoms with Gasteiger partial charge >= 0.3 is 12.0 Å². The number of carboxylic acid groups (broad SMARTS) is 1. The van der Waals surface area contributed by atoms with E-state index < -0.39 is 18.1 Å². The lowest BCUT2D eigenvalue weighted by Crippen LogP contribution is -2.52. The molecule has 0 bridgehead atoms. The molecule has 2 aliphatic rings. The number of nitrogens with zero attached hydrogens (tertiary/aromatic N) is 2. The molecule has 20 heavy (non-hydrogen) atoms. The average Bonchev–Trinajstić information content (AvgIpc) is 2.81. The van der Waals surface area contributed by atoms with E-state index in [4.69, 9.17) is 9.84 Å². The Labute approximate surface area is 118 Å². The van der Waals surface area contributed by atoms with E-state index >= 15 is 0 Å². The number of aliphatic carboxylic acids is 1. The third-order valence-corrected chi connectivity index (χ3v) is 3.86. The van der Waals surface area contributed by atoms with Crippen molar-refractivity contribution in [2.24, 2.45) is 0 Å². The monoisotopic (exact) mass is 286 g/mol. The molecule has 1 unspecified atom stereocenters. The number of hydrogen-bond donors (Lipinski definition) is 2. The summed E-state index contributed by atoms with van der Waals surface area (Å²) >= 11 is 0. The highest BCUT2D eigenvalue weighted by atomic mass is 16.5. The Bertz CT molecular complexity index is 374. The molecule has 0 aromatic rings. The molecule has 0 spiro atoms. The molecule has 7 heteroatoms. The SMILES string of the molecule is CCOC1CCCN(C(=O)N2C[C@H](O)C[C@@H]2C(=O)O)C1. The van der Waals surface area contributed by atoms with Crippen LogP contribution in [0.5, 0.6) is 0 Å². The minimum absolute atomic E-state index is 0.0218. The van der Waals surface area contributed by atoms with E-state index in [-0.39, 0.29) is 25.1 Å². The molecule has 0 aromatic carbocycles. The predicted molar refractivity (Wildman–Crippen MR) is 70.4 cm³/mol. The number of likely N-dealkylation sites (tertiary alicyclic amines) is 2. The van der Waals surface area contributed by atoms with Gasteiger partial charge in [0, 0.05) is 32.7 Å². The standard InChI is InChI=1S/C13H22N2O5/c1-2-20-10-4-3-5-14(8-10)13(19)15-7-9(16)6-11(15)12(17)18/h9-11,16H,2-8H2,1H3,(H,17,18)/t9-,10?,11-/m1/s1. The van der Waals surface area contributed by atoms with E-state index in [1.54, 1.807) is 4.90 Å². The molecule has 114 valence electrons. The van der Waals surface area contributed by atoms with Crippen molar-refractivity contribution in [3.8, 4) is 0 Å². The number of aliphatic hydroxyl groups excluding tert-OH is 1. The van der Waals surface area contributed by atoms with Crippen LogP contribution in [0.2, 0.25) is 0 Å². The van der Waals surface area contributed by atoms with Crippen LogP contribution < -0.4 is 0 Å². The van der Waals surface area contributed by atoms with E-state index in [1.807, 2.05) is 6.92 Å². The van der Waals surface area contributed by atoms with E-state index in [2.05, 4.69) is 0 Å². The predicted octanol–water partition coefficient (Wildman–Crippen LogP) is 0.127. The second-order valence-corrected chi connectivity index (χ2v) is 5.34. The number of aliphatic hydroxyl groups is 1. The fourth-order valence-corrected chi connectivity index (χ4v) is 2.92. The molecule has 0 saturated carbocycles. The molecule has 0 aliphatic carbocycles. The Hall–Kier alpha value is -1.34. The van der Waals surface area contributed by atoms with Gasteiger partial charge in [0.05, 0.1) is 12.2 Å². The van der Waals surface area contributed by atoms with E-state index in [0.717, 1.165) is 12.8 Å². The maximum atomic E-state index is 12.4. The lowest BCUT2D eigenvalue weighted by Gasteiger charge is -2.36. The highest BCUT2D eigenvalue weighted by molar-refractivity contribution is 5.83. The fraction of sp³-hybridized carbons (Fsp3) is 0.846. The highest BCUT2D eigenvalue weighted by Crippen LogP contribution is 2.22. The summed E-state index contributed by atoms with van der Waals surface area (Å²) < 4.78 is 5.54. The minimum Gasteiger partial charge on any atom is -0.480 e. The number of urea groups is 1. The number of rotatable bonds is 3. The molecule has 0 radical (unpaired) electrons. The fourth-order valence-electron chi connectivity index (χ4n) is 2.92. The maximum Gasteiger partial charge on any atom is 0.326 e. The molecule has 2 fully saturated rings. The van der Waals surface area contributed by atoms with Gasteiger partial charge in [-0.1, -0.05) is 0 Å². The van der Waals surface area contributed by atoms with Crippen LogP contribution in [0.1, 0.15) is 26.2 Å². The first kappa shape index (κ1) is 15.1. The third-order valence-electron chi connectivity index (χ3n) is 3.86. The van der Waals surface area contributed by atoms with Gasteiger partial charge in [0.25, 0.3) is 0 Å². The van der Waals surface area contributed by atoms with Crippen molar-refractivity contribution in [1.29, 1.82) is 0 Å². The van der Waals surface area contributed by atoms with Gasteiger partial charge in [-0.2, -0.15) is 0 Å². The van der Waals surface area contributed by atoms with E-state index in [0.29, 0.717) is 19.7 Å². The topological polar surface area (TPSA) is 90.3 Å². The van der Waals surface area contributed by atoms with E-state index in [9.17, 15) is 14.7 Å². The van der Waals surface area contributed by atoms with Crippen molar-refractivity contribution in [3.05, 3.63) is 0 Å². The van der Waals surface area contributed by atoms with Gasteiger partial charge in [0.15, 0.2) is 0 Å². The maximum absolute atomic E-state index is 12.4. The summed E-state index contributed by atoms with van der Waals surface area (Å²) in [5.41, 5.74) is 0. The second kappa shape index (κ2) is 6.41. The summed E-state index contributed by atoms with van der Waals surface area (Å²) in [6, 6.07) is -1.23. The number of amides is 2. The molecule has 2 N–H and O–H groups in total. The molecule has 7 nitrogen and oxygen atoms in total. The lowest BCUT2D eigenvalue weighted by atomic mass is 10.1. The first-order valence-corrected chi connectivity index (χ1v) is 7.11. The van der Waals surface area contributed by atoms with Crippen LogP contribution in [0, 0.1) is 0 Å². The number of β-amino-alcohol motifs (C(OH)–C–C–N with tert-alkyl or cyclic N) is 1. The third kappa shape index (κ3) is 3.21. The van der Waals surface area contributed by atoms with Gasteiger partial charge in [-0.25, -0.2) is 9.59 Å². The van der Waals surface area contributed by atoms with Crippen LogP contribution in [0.25, 0.3) is 0 Å². The van der Waals surface area contributed by atoms with Crippen molar-refractivity contribution in [3.63, 3.8) is 0 Å². The molecular weight excluding hydrogens is 264 g/mol. The van der Waals surface area contributed by atoms with Crippen LogP contribution >= 0.6 is 0 Å². The Morgan fingerprint density at radius 1 is 1.35 bits per heavy atom. The van der Waals surface area contributed by atoms with Crippen molar-refractivity contribution in [2.45, 2.75) is 44.4 Å². The van der Waals surface area contributed by atoms with E-state index in [1.165, 1.54) is 4.90 Å². The zero-order valence-corrected chi connectivity index (χ0v) is 11.7. The number of carbonyl (C=O) groups excluding carboxylic acids is 1. The van der Waals surface area contributed by atoms with Gasteiger partial charge in [-0.15, -0.1) is 0 Å². The van der Waals surface area contributed by atoms with Gasteiger partial charge < -0.3 is 24.7 Å².